The zero-order valence-corrected chi connectivity index (χ0v) is 20.2. The standard InChI is InChI=1S/C24H26ClN5OS/c1-5-29(6-2)23(31)16(4)32-24-26-22-21(27-28-24)19-12-15(3)10-11-20(19)30(22)14-17-8-7-9-18(25)13-17/h7-13,16H,5-6,14H2,1-4H3. The summed E-state index contributed by atoms with van der Waals surface area (Å²) in [4.78, 5) is 19.4. The Morgan fingerprint density at radius 1 is 1.16 bits per heavy atom. The minimum absolute atomic E-state index is 0.0822. The van der Waals surface area contributed by atoms with Crippen molar-refractivity contribution >= 4 is 51.3 Å². The van der Waals surface area contributed by atoms with E-state index in [1.54, 1.807) is 0 Å². The van der Waals surface area contributed by atoms with Crippen molar-refractivity contribution in [3.05, 3.63) is 58.6 Å². The van der Waals surface area contributed by atoms with E-state index in [-0.39, 0.29) is 11.2 Å². The SMILES string of the molecule is CCN(CC)C(=O)C(C)Sc1nnc2c3cc(C)ccc3n(Cc3cccc(Cl)c3)c2n1. The molecule has 32 heavy (non-hydrogen) atoms. The maximum Gasteiger partial charge on any atom is 0.235 e. The molecule has 0 saturated heterocycles. The van der Waals surface area contributed by atoms with Crippen molar-refractivity contribution in [3.8, 4) is 0 Å². The molecule has 0 N–H and O–H groups in total. The topological polar surface area (TPSA) is 63.9 Å². The van der Waals surface area contributed by atoms with Crippen LogP contribution in [0.25, 0.3) is 22.1 Å². The Balaban J connectivity index is 1.77. The van der Waals surface area contributed by atoms with Crippen LogP contribution >= 0.6 is 23.4 Å². The van der Waals surface area contributed by atoms with Gasteiger partial charge in [-0.15, -0.1) is 10.2 Å². The van der Waals surface area contributed by atoms with E-state index in [2.05, 4.69) is 39.9 Å². The first-order valence-corrected chi connectivity index (χ1v) is 12.0. The van der Waals surface area contributed by atoms with Gasteiger partial charge in [-0.25, -0.2) is 4.98 Å². The molecule has 0 aliphatic carbocycles. The lowest BCUT2D eigenvalue weighted by Gasteiger charge is -2.21. The summed E-state index contributed by atoms with van der Waals surface area (Å²) in [7, 11) is 0. The molecule has 2 heterocycles. The van der Waals surface area contributed by atoms with Crippen LogP contribution in [0.1, 0.15) is 31.9 Å². The molecule has 0 spiro atoms. The summed E-state index contributed by atoms with van der Waals surface area (Å²) in [5.41, 5.74) is 4.79. The Morgan fingerprint density at radius 2 is 1.94 bits per heavy atom. The zero-order valence-electron chi connectivity index (χ0n) is 18.7. The minimum Gasteiger partial charge on any atom is -0.342 e. The number of carbonyl (C=O) groups excluding carboxylic acids is 1. The predicted molar refractivity (Wildman–Crippen MR) is 131 cm³/mol. The molecule has 4 aromatic rings. The van der Waals surface area contributed by atoms with E-state index in [1.165, 1.54) is 11.8 Å². The van der Waals surface area contributed by atoms with Crippen molar-refractivity contribution in [1.29, 1.82) is 0 Å². The van der Waals surface area contributed by atoms with Gasteiger partial charge in [0.05, 0.1) is 10.8 Å². The second kappa shape index (κ2) is 9.46. The van der Waals surface area contributed by atoms with E-state index in [0.29, 0.717) is 29.8 Å². The van der Waals surface area contributed by atoms with Crippen LogP contribution in [0, 0.1) is 6.92 Å². The number of hydrogen-bond donors (Lipinski definition) is 0. The van der Waals surface area contributed by atoms with E-state index in [1.807, 2.05) is 49.9 Å². The molecule has 8 heteroatoms. The molecule has 1 atom stereocenters. The van der Waals surface area contributed by atoms with Crippen LogP contribution in [0.15, 0.2) is 47.6 Å². The van der Waals surface area contributed by atoms with E-state index in [4.69, 9.17) is 16.6 Å². The molecule has 6 nitrogen and oxygen atoms in total. The van der Waals surface area contributed by atoms with Gasteiger partial charge in [-0.05, 0) is 57.5 Å². The normalized spacial score (nSPS) is 12.4. The fraction of sp³-hybridized carbons (Fsp3) is 0.333. The number of fused-ring (bicyclic) bond motifs is 3. The number of aromatic nitrogens is 4. The molecule has 0 aliphatic rings. The lowest BCUT2D eigenvalue weighted by molar-refractivity contribution is -0.129. The third kappa shape index (κ3) is 4.45. The van der Waals surface area contributed by atoms with Gasteiger partial charge in [0, 0.05) is 30.0 Å². The Kier molecular flexibility index (Phi) is 6.67. The molecule has 166 valence electrons. The monoisotopic (exact) mass is 467 g/mol. The summed E-state index contributed by atoms with van der Waals surface area (Å²) < 4.78 is 2.14. The van der Waals surface area contributed by atoms with Crippen LogP contribution in [-0.2, 0) is 11.3 Å². The number of aryl methyl sites for hydroxylation is 1. The molecule has 4 rings (SSSR count). The molecule has 2 aromatic carbocycles. The summed E-state index contributed by atoms with van der Waals surface area (Å²) in [6.45, 7) is 9.91. The number of carbonyl (C=O) groups is 1. The number of benzene rings is 2. The molecule has 0 saturated carbocycles. The second-order valence-electron chi connectivity index (χ2n) is 7.77. The number of amides is 1. The highest BCUT2D eigenvalue weighted by atomic mass is 35.5. The van der Waals surface area contributed by atoms with E-state index in [9.17, 15) is 4.79 Å². The van der Waals surface area contributed by atoms with Gasteiger partial charge in [-0.1, -0.05) is 47.1 Å². The summed E-state index contributed by atoms with van der Waals surface area (Å²) in [5, 5.41) is 10.8. The average Bonchev–Trinajstić information content (AvgIpc) is 3.06. The summed E-state index contributed by atoms with van der Waals surface area (Å²) >= 11 is 7.56. The highest BCUT2D eigenvalue weighted by molar-refractivity contribution is 8.00. The fourth-order valence-corrected chi connectivity index (χ4v) is 4.89. The molecule has 0 radical (unpaired) electrons. The average molecular weight is 468 g/mol. The zero-order chi connectivity index (χ0) is 22.8. The molecule has 2 aromatic heterocycles. The van der Waals surface area contributed by atoms with Crippen molar-refractivity contribution in [2.45, 2.75) is 44.6 Å². The third-order valence-corrected chi connectivity index (χ3v) is 6.71. The Hall–Kier alpha value is -2.64. The lowest BCUT2D eigenvalue weighted by Crippen LogP contribution is -2.36. The fourth-order valence-electron chi connectivity index (χ4n) is 3.88. The molecule has 0 aliphatic heterocycles. The van der Waals surface area contributed by atoms with Crippen molar-refractivity contribution in [3.63, 3.8) is 0 Å². The summed E-state index contributed by atoms with van der Waals surface area (Å²) in [5.74, 6) is 0.0822. The van der Waals surface area contributed by atoms with Gasteiger partial charge in [0.25, 0.3) is 0 Å². The van der Waals surface area contributed by atoms with Gasteiger partial charge in [-0.3, -0.25) is 4.79 Å². The second-order valence-corrected chi connectivity index (χ2v) is 9.52. The van der Waals surface area contributed by atoms with Crippen LogP contribution in [0.2, 0.25) is 5.02 Å². The quantitative estimate of drug-likeness (QED) is 0.343. The highest BCUT2D eigenvalue weighted by Gasteiger charge is 2.22. The maximum atomic E-state index is 12.7. The first-order valence-electron chi connectivity index (χ1n) is 10.7. The van der Waals surface area contributed by atoms with E-state index >= 15 is 0 Å². The minimum atomic E-state index is -0.290. The van der Waals surface area contributed by atoms with Crippen LogP contribution in [0.5, 0.6) is 0 Å². The molecule has 0 bridgehead atoms. The van der Waals surface area contributed by atoms with E-state index < -0.39 is 0 Å². The largest absolute Gasteiger partial charge is 0.342 e. The van der Waals surface area contributed by atoms with Crippen LogP contribution in [0.3, 0.4) is 0 Å². The van der Waals surface area contributed by atoms with Crippen molar-refractivity contribution in [2.75, 3.05) is 13.1 Å². The third-order valence-electron chi connectivity index (χ3n) is 5.54. The highest BCUT2D eigenvalue weighted by Crippen LogP contribution is 2.30. The van der Waals surface area contributed by atoms with Crippen molar-refractivity contribution < 1.29 is 4.79 Å². The molecular weight excluding hydrogens is 442 g/mol. The first-order chi connectivity index (χ1) is 15.4. The van der Waals surface area contributed by atoms with Gasteiger partial charge >= 0.3 is 0 Å². The van der Waals surface area contributed by atoms with Crippen molar-refractivity contribution in [1.82, 2.24) is 24.6 Å². The van der Waals surface area contributed by atoms with Gasteiger partial charge in [0.1, 0.15) is 5.52 Å². The number of hydrogen-bond acceptors (Lipinski definition) is 5. The van der Waals surface area contributed by atoms with Crippen LogP contribution in [-0.4, -0.2) is 48.9 Å². The van der Waals surface area contributed by atoms with Gasteiger partial charge < -0.3 is 9.47 Å². The number of thioether (sulfide) groups is 1. The summed E-state index contributed by atoms with van der Waals surface area (Å²) in [6, 6.07) is 14.1. The van der Waals surface area contributed by atoms with Gasteiger partial charge in [0.15, 0.2) is 5.65 Å². The lowest BCUT2D eigenvalue weighted by atomic mass is 10.1. The Labute approximate surface area is 197 Å². The smallest absolute Gasteiger partial charge is 0.235 e. The van der Waals surface area contributed by atoms with Crippen LogP contribution < -0.4 is 0 Å². The Bertz CT molecular complexity index is 1280. The number of rotatable bonds is 7. The van der Waals surface area contributed by atoms with Crippen LogP contribution in [0.4, 0.5) is 0 Å². The number of halogens is 1. The van der Waals surface area contributed by atoms with Gasteiger partial charge in [-0.2, -0.15) is 0 Å². The number of nitrogens with zero attached hydrogens (tertiary/aromatic N) is 5. The van der Waals surface area contributed by atoms with Crippen molar-refractivity contribution in [2.24, 2.45) is 0 Å². The molecule has 0 fully saturated rings. The summed E-state index contributed by atoms with van der Waals surface area (Å²) in [6.07, 6.45) is 0. The van der Waals surface area contributed by atoms with E-state index in [0.717, 1.165) is 33.2 Å². The predicted octanol–water partition coefficient (Wildman–Crippen LogP) is 5.34. The van der Waals surface area contributed by atoms with Gasteiger partial charge in [0.2, 0.25) is 11.1 Å². The maximum absolute atomic E-state index is 12.7. The first kappa shape index (κ1) is 22.6. The molecular formula is C24H26ClN5OS. The molecule has 1 unspecified atom stereocenters. The molecule has 1 amide bonds. The Morgan fingerprint density at radius 3 is 2.66 bits per heavy atom.